The average Bonchev–Trinajstić information content (AvgIpc) is 2.55. The Morgan fingerprint density at radius 2 is 2.00 bits per heavy atom. The number of nitrogens with one attached hydrogen (secondary N) is 2. The zero-order valence-electron chi connectivity index (χ0n) is 15.8. The van der Waals surface area contributed by atoms with Crippen LogP contribution >= 0.6 is 0 Å². The molecule has 1 amide bonds. The Balaban J connectivity index is 2.36. The largest absolute Gasteiger partial charge is 0.385 e. The van der Waals surface area contributed by atoms with Gasteiger partial charge in [0.15, 0.2) is 0 Å². The van der Waals surface area contributed by atoms with Crippen LogP contribution in [0.25, 0.3) is 0 Å². The second-order valence-corrected chi connectivity index (χ2v) is 6.24. The highest BCUT2D eigenvalue weighted by Crippen LogP contribution is 2.28. The molecule has 0 spiro atoms. The van der Waals surface area contributed by atoms with E-state index in [0.29, 0.717) is 30.2 Å². The van der Waals surface area contributed by atoms with Gasteiger partial charge in [0.25, 0.3) is 0 Å². The average molecular weight is 379 g/mol. The molecule has 27 heavy (non-hydrogen) atoms. The molecule has 0 radical (unpaired) electrons. The molecule has 0 aliphatic heterocycles. The SMILES string of the molecule is COCCCc1cnc(NC(C)=O)cc1Nc1cc(C)nc(C(C)(F)F)n1. The van der Waals surface area contributed by atoms with E-state index in [0.717, 1.165) is 18.9 Å². The molecule has 146 valence electrons. The number of aryl methyl sites for hydroxylation is 2. The van der Waals surface area contributed by atoms with Gasteiger partial charge in [0.05, 0.1) is 0 Å². The minimum Gasteiger partial charge on any atom is -0.385 e. The van der Waals surface area contributed by atoms with Crippen LogP contribution in [-0.2, 0) is 21.9 Å². The quantitative estimate of drug-likeness (QED) is 0.682. The van der Waals surface area contributed by atoms with Gasteiger partial charge < -0.3 is 15.4 Å². The highest BCUT2D eigenvalue weighted by atomic mass is 19.3. The van der Waals surface area contributed by atoms with Crippen LogP contribution in [0.2, 0.25) is 0 Å². The van der Waals surface area contributed by atoms with Crippen molar-refractivity contribution in [2.75, 3.05) is 24.4 Å². The van der Waals surface area contributed by atoms with E-state index in [1.165, 1.54) is 6.92 Å². The smallest absolute Gasteiger partial charge is 0.303 e. The minimum atomic E-state index is -3.15. The van der Waals surface area contributed by atoms with Crippen LogP contribution in [0.15, 0.2) is 18.3 Å². The summed E-state index contributed by atoms with van der Waals surface area (Å²) in [5.74, 6) is -3.36. The van der Waals surface area contributed by atoms with E-state index in [1.54, 1.807) is 32.4 Å². The molecule has 9 heteroatoms. The lowest BCUT2D eigenvalue weighted by atomic mass is 10.1. The Morgan fingerprint density at radius 1 is 1.26 bits per heavy atom. The third-order valence-corrected chi connectivity index (χ3v) is 3.59. The predicted molar refractivity (Wildman–Crippen MR) is 98.4 cm³/mol. The molecule has 2 aromatic rings. The number of alkyl halides is 2. The maximum Gasteiger partial charge on any atom is 0.303 e. The first-order valence-electron chi connectivity index (χ1n) is 8.45. The van der Waals surface area contributed by atoms with Gasteiger partial charge in [0, 0.05) is 57.3 Å². The number of hydrogen-bond donors (Lipinski definition) is 2. The van der Waals surface area contributed by atoms with E-state index in [2.05, 4.69) is 25.6 Å². The summed E-state index contributed by atoms with van der Waals surface area (Å²) in [5, 5.41) is 5.65. The lowest BCUT2D eigenvalue weighted by Gasteiger charge is -2.15. The van der Waals surface area contributed by atoms with Crippen molar-refractivity contribution in [3.63, 3.8) is 0 Å². The molecular weight excluding hydrogens is 356 g/mol. The van der Waals surface area contributed by atoms with E-state index in [9.17, 15) is 13.6 Å². The van der Waals surface area contributed by atoms with E-state index in [4.69, 9.17) is 4.74 Å². The Labute approximate surface area is 156 Å². The number of nitrogens with zero attached hydrogens (tertiary/aromatic N) is 3. The van der Waals surface area contributed by atoms with Gasteiger partial charge in [0.2, 0.25) is 11.7 Å². The molecule has 2 aromatic heterocycles. The summed E-state index contributed by atoms with van der Waals surface area (Å²) in [7, 11) is 1.62. The van der Waals surface area contributed by atoms with Gasteiger partial charge in [-0.25, -0.2) is 15.0 Å². The number of halogens is 2. The molecule has 0 aliphatic rings. The van der Waals surface area contributed by atoms with Gasteiger partial charge in [0.1, 0.15) is 11.6 Å². The van der Waals surface area contributed by atoms with Crippen LogP contribution in [0.5, 0.6) is 0 Å². The van der Waals surface area contributed by atoms with Crippen molar-refractivity contribution >= 4 is 23.2 Å². The standard InChI is InChI=1S/C18H23F2N5O2/c1-11-8-16(25-17(22-11)18(3,19)20)24-14-9-15(23-12(2)26)21-10-13(14)6-5-7-27-4/h8-10H,5-7H2,1-4H3,(H2,21,22,23,24,25,26). The van der Waals surface area contributed by atoms with E-state index >= 15 is 0 Å². The molecule has 0 unspecified atom stereocenters. The first-order chi connectivity index (χ1) is 12.7. The number of methoxy groups -OCH3 is 1. The van der Waals surface area contributed by atoms with E-state index in [1.807, 2.05) is 0 Å². The Hall–Kier alpha value is -2.68. The van der Waals surface area contributed by atoms with Crippen LogP contribution in [0, 0.1) is 6.92 Å². The summed E-state index contributed by atoms with van der Waals surface area (Å²) in [6.07, 6.45) is 3.05. The molecule has 2 heterocycles. The van der Waals surface area contributed by atoms with Crippen molar-refractivity contribution < 1.29 is 18.3 Å². The number of hydrogen-bond acceptors (Lipinski definition) is 6. The van der Waals surface area contributed by atoms with Gasteiger partial charge >= 0.3 is 5.92 Å². The summed E-state index contributed by atoms with van der Waals surface area (Å²) in [6.45, 7) is 4.33. The molecule has 0 fully saturated rings. The van der Waals surface area contributed by atoms with Crippen molar-refractivity contribution in [3.8, 4) is 0 Å². The monoisotopic (exact) mass is 379 g/mol. The molecular formula is C18H23F2N5O2. The zero-order chi connectivity index (χ0) is 20.0. The Kier molecular flexibility index (Phi) is 6.73. The van der Waals surface area contributed by atoms with Gasteiger partial charge in [-0.3, -0.25) is 4.79 Å². The normalized spacial score (nSPS) is 11.3. The molecule has 0 saturated carbocycles. The Morgan fingerprint density at radius 3 is 2.63 bits per heavy atom. The molecule has 0 saturated heterocycles. The fourth-order valence-electron chi connectivity index (χ4n) is 2.42. The number of rotatable bonds is 8. The van der Waals surface area contributed by atoms with Crippen LogP contribution in [0.3, 0.4) is 0 Å². The predicted octanol–water partition coefficient (Wildman–Crippen LogP) is 3.57. The molecule has 0 aromatic carbocycles. The summed E-state index contributed by atoms with van der Waals surface area (Å²) in [4.78, 5) is 23.2. The fourth-order valence-corrected chi connectivity index (χ4v) is 2.42. The Bertz CT molecular complexity index is 809. The number of anilines is 3. The van der Waals surface area contributed by atoms with Crippen LogP contribution in [0.4, 0.5) is 26.1 Å². The zero-order valence-corrected chi connectivity index (χ0v) is 15.8. The van der Waals surface area contributed by atoms with Gasteiger partial charge in [-0.1, -0.05) is 0 Å². The number of amides is 1. The summed E-state index contributed by atoms with van der Waals surface area (Å²) in [5.41, 5.74) is 1.89. The lowest BCUT2D eigenvalue weighted by Crippen LogP contribution is -2.15. The number of ether oxygens (including phenoxy) is 1. The van der Waals surface area contributed by atoms with Crippen LogP contribution < -0.4 is 10.6 Å². The molecule has 0 bridgehead atoms. The maximum absolute atomic E-state index is 13.6. The molecule has 0 atom stereocenters. The van der Waals surface area contributed by atoms with Crippen molar-refractivity contribution in [2.45, 2.75) is 39.5 Å². The summed E-state index contributed by atoms with van der Waals surface area (Å²) >= 11 is 0. The van der Waals surface area contributed by atoms with Gasteiger partial charge in [-0.15, -0.1) is 0 Å². The second-order valence-electron chi connectivity index (χ2n) is 6.24. The maximum atomic E-state index is 13.6. The third kappa shape index (κ3) is 6.21. The lowest BCUT2D eigenvalue weighted by molar-refractivity contribution is -0.114. The summed E-state index contributed by atoms with van der Waals surface area (Å²) in [6, 6.07) is 3.22. The van der Waals surface area contributed by atoms with Crippen molar-refractivity contribution in [1.29, 1.82) is 0 Å². The number of pyridine rings is 1. The van der Waals surface area contributed by atoms with Crippen LogP contribution in [0.1, 0.15) is 37.4 Å². The molecule has 2 rings (SSSR count). The number of carbonyl (C=O) groups excluding carboxylic acids is 1. The number of aromatic nitrogens is 3. The van der Waals surface area contributed by atoms with Crippen molar-refractivity contribution in [2.24, 2.45) is 0 Å². The summed E-state index contributed by atoms with van der Waals surface area (Å²) < 4.78 is 32.3. The molecule has 7 nitrogen and oxygen atoms in total. The van der Waals surface area contributed by atoms with Gasteiger partial charge in [-0.05, 0) is 25.3 Å². The second kappa shape index (κ2) is 8.81. The highest BCUT2D eigenvalue weighted by molar-refractivity contribution is 5.88. The minimum absolute atomic E-state index is 0.243. The van der Waals surface area contributed by atoms with Crippen molar-refractivity contribution in [1.82, 2.24) is 15.0 Å². The van der Waals surface area contributed by atoms with Crippen LogP contribution in [-0.4, -0.2) is 34.6 Å². The van der Waals surface area contributed by atoms with E-state index in [-0.39, 0.29) is 11.7 Å². The highest BCUT2D eigenvalue weighted by Gasteiger charge is 2.29. The van der Waals surface area contributed by atoms with E-state index < -0.39 is 11.7 Å². The third-order valence-electron chi connectivity index (χ3n) is 3.59. The first kappa shape index (κ1) is 20.6. The van der Waals surface area contributed by atoms with Crippen molar-refractivity contribution in [3.05, 3.63) is 35.4 Å². The molecule has 2 N–H and O–H groups in total. The first-order valence-corrected chi connectivity index (χ1v) is 8.45. The number of carbonyl (C=O) groups is 1. The molecule has 0 aliphatic carbocycles. The topological polar surface area (TPSA) is 89.0 Å². The van der Waals surface area contributed by atoms with Gasteiger partial charge in [-0.2, -0.15) is 8.78 Å². The fraction of sp³-hybridized carbons (Fsp3) is 0.444.